The van der Waals surface area contributed by atoms with Gasteiger partial charge in [0.05, 0.1) is 5.75 Å². The molecule has 3 nitrogen and oxygen atoms in total. The summed E-state index contributed by atoms with van der Waals surface area (Å²) < 4.78 is 23.0. The summed E-state index contributed by atoms with van der Waals surface area (Å²) in [6.45, 7) is 3.94. The van der Waals surface area contributed by atoms with Crippen LogP contribution >= 0.6 is 15.9 Å². The summed E-state index contributed by atoms with van der Waals surface area (Å²) in [5.41, 5.74) is 1.22. The van der Waals surface area contributed by atoms with Gasteiger partial charge in [-0.05, 0) is 5.56 Å². The zero-order chi connectivity index (χ0) is 13.4. The highest BCUT2D eigenvalue weighted by Gasteiger charge is 2.11. The van der Waals surface area contributed by atoms with E-state index in [1.54, 1.807) is 6.92 Å². The normalized spacial score (nSPS) is 11.9. The van der Waals surface area contributed by atoms with Crippen molar-refractivity contribution >= 4 is 25.8 Å². The second-order valence-corrected chi connectivity index (χ2v) is 7.45. The van der Waals surface area contributed by atoms with Crippen molar-refractivity contribution < 1.29 is 8.42 Å². The monoisotopic (exact) mass is 333 g/mol. The molecule has 0 aliphatic heterocycles. The van der Waals surface area contributed by atoms with E-state index < -0.39 is 9.84 Å². The molecule has 0 aliphatic carbocycles. The maximum Gasteiger partial charge on any atom is 0.151 e. The first-order valence-corrected chi connectivity index (χ1v) is 9.04. The Labute approximate surface area is 118 Å². The van der Waals surface area contributed by atoms with Crippen LogP contribution in [0.5, 0.6) is 0 Å². The molecule has 0 fully saturated rings. The third-order valence-corrected chi connectivity index (χ3v) is 4.85. The summed E-state index contributed by atoms with van der Waals surface area (Å²) in [6, 6.07) is 10.1. The molecule has 1 rings (SSSR count). The Morgan fingerprint density at radius 2 is 1.83 bits per heavy atom. The minimum absolute atomic E-state index is 0.223. The minimum atomic E-state index is -2.88. The Morgan fingerprint density at radius 1 is 1.17 bits per heavy atom. The summed E-state index contributed by atoms with van der Waals surface area (Å²) in [7, 11) is -2.88. The van der Waals surface area contributed by atoms with E-state index in [1.807, 2.05) is 18.2 Å². The predicted molar refractivity (Wildman–Crippen MR) is 79.8 cm³/mol. The van der Waals surface area contributed by atoms with Crippen LogP contribution in [0.1, 0.15) is 12.5 Å². The second-order valence-electron chi connectivity index (χ2n) is 4.19. The van der Waals surface area contributed by atoms with Gasteiger partial charge in [0.2, 0.25) is 0 Å². The number of alkyl halides is 1. The molecule has 0 bridgehead atoms. The van der Waals surface area contributed by atoms with Crippen LogP contribution in [0.2, 0.25) is 0 Å². The van der Waals surface area contributed by atoms with Gasteiger partial charge < -0.3 is 0 Å². The smallest absolute Gasteiger partial charge is 0.151 e. The molecule has 102 valence electrons. The number of hydrogen-bond acceptors (Lipinski definition) is 3. The van der Waals surface area contributed by atoms with Crippen LogP contribution in [0.25, 0.3) is 0 Å². The summed E-state index contributed by atoms with van der Waals surface area (Å²) >= 11 is 3.41. The van der Waals surface area contributed by atoms with E-state index in [0.717, 1.165) is 18.4 Å². The predicted octanol–water partition coefficient (Wildman–Crippen LogP) is 2.32. The van der Waals surface area contributed by atoms with Crippen molar-refractivity contribution in [3.63, 3.8) is 0 Å². The third kappa shape index (κ3) is 5.98. The van der Waals surface area contributed by atoms with E-state index in [0.29, 0.717) is 6.54 Å². The fraction of sp³-hybridized carbons (Fsp3) is 0.538. The minimum Gasteiger partial charge on any atom is -0.297 e. The molecular formula is C13H20BrNO2S. The maximum absolute atomic E-state index is 11.5. The van der Waals surface area contributed by atoms with E-state index in [2.05, 4.69) is 33.0 Å². The second kappa shape index (κ2) is 7.92. The van der Waals surface area contributed by atoms with Crippen molar-refractivity contribution in [3.05, 3.63) is 35.9 Å². The number of halogens is 1. The van der Waals surface area contributed by atoms with Crippen LogP contribution in [0.15, 0.2) is 30.3 Å². The van der Waals surface area contributed by atoms with Gasteiger partial charge in [0.25, 0.3) is 0 Å². The van der Waals surface area contributed by atoms with Crippen molar-refractivity contribution in [2.75, 3.05) is 29.9 Å². The molecule has 0 amide bonds. The molecule has 0 saturated heterocycles. The molecule has 0 saturated carbocycles. The van der Waals surface area contributed by atoms with Gasteiger partial charge in [-0.25, -0.2) is 8.42 Å². The molecule has 0 N–H and O–H groups in total. The Morgan fingerprint density at radius 3 is 2.39 bits per heavy atom. The van der Waals surface area contributed by atoms with Gasteiger partial charge in [-0.3, -0.25) is 4.90 Å². The number of sulfone groups is 1. The lowest BCUT2D eigenvalue weighted by atomic mass is 10.2. The molecule has 0 heterocycles. The van der Waals surface area contributed by atoms with Crippen LogP contribution in [0.3, 0.4) is 0 Å². The molecular weight excluding hydrogens is 314 g/mol. The van der Waals surface area contributed by atoms with Gasteiger partial charge in [-0.1, -0.05) is 53.2 Å². The lowest BCUT2D eigenvalue weighted by Crippen LogP contribution is -2.31. The Hall–Kier alpha value is -0.390. The van der Waals surface area contributed by atoms with E-state index in [4.69, 9.17) is 0 Å². The van der Waals surface area contributed by atoms with Crippen LogP contribution in [-0.2, 0) is 16.4 Å². The summed E-state index contributed by atoms with van der Waals surface area (Å²) in [6.07, 6.45) is 0. The fourth-order valence-corrected chi connectivity index (χ4v) is 2.97. The highest BCUT2D eigenvalue weighted by atomic mass is 79.9. The summed E-state index contributed by atoms with van der Waals surface area (Å²) in [5.74, 6) is 0.462. The SMILES string of the molecule is CCS(=O)(=O)CCN(CCBr)Cc1ccccc1. The van der Waals surface area contributed by atoms with Crippen LogP contribution in [-0.4, -0.2) is 43.2 Å². The Bertz CT molecular complexity index is 434. The lowest BCUT2D eigenvalue weighted by Gasteiger charge is -2.21. The van der Waals surface area contributed by atoms with Crippen molar-refractivity contribution in [2.24, 2.45) is 0 Å². The zero-order valence-electron chi connectivity index (χ0n) is 10.7. The van der Waals surface area contributed by atoms with Crippen molar-refractivity contribution in [1.82, 2.24) is 4.90 Å². The molecule has 0 unspecified atom stereocenters. The Kier molecular flexibility index (Phi) is 6.89. The van der Waals surface area contributed by atoms with Gasteiger partial charge >= 0.3 is 0 Å². The largest absolute Gasteiger partial charge is 0.297 e. The van der Waals surface area contributed by atoms with Crippen LogP contribution in [0, 0.1) is 0 Å². The zero-order valence-corrected chi connectivity index (χ0v) is 13.1. The molecule has 0 atom stereocenters. The molecule has 0 aromatic heterocycles. The van der Waals surface area contributed by atoms with Crippen molar-refractivity contribution in [1.29, 1.82) is 0 Å². The topological polar surface area (TPSA) is 37.4 Å². The van der Waals surface area contributed by atoms with Gasteiger partial charge in [0.15, 0.2) is 9.84 Å². The molecule has 0 aliphatic rings. The quantitative estimate of drug-likeness (QED) is 0.685. The fourth-order valence-electron chi connectivity index (χ4n) is 1.64. The highest BCUT2D eigenvalue weighted by molar-refractivity contribution is 9.09. The van der Waals surface area contributed by atoms with Crippen LogP contribution in [0.4, 0.5) is 0 Å². The first kappa shape index (κ1) is 15.7. The maximum atomic E-state index is 11.5. The van der Waals surface area contributed by atoms with E-state index in [-0.39, 0.29) is 11.5 Å². The number of benzene rings is 1. The van der Waals surface area contributed by atoms with Crippen LogP contribution < -0.4 is 0 Å². The lowest BCUT2D eigenvalue weighted by molar-refractivity contribution is 0.300. The molecule has 5 heteroatoms. The molecule has 1 aromatic rings. The van der Waals surface area contributed by atoms with E-state index in [9.17, 15) is 8.42 Å². The average molecular weight is 334 g/mol. The van der Waals surface area contributed by atoms with Gasteiger partial charge in [0.1, 0.15) is 0 Å². The number of nitrogens with zero attached hydrogens (tertiary/aromatic N) is 1. The summed E-state index contributed by atoms with van der Waals surface area (Å²) in [4.78, 5) is 2.16. The van der Waals surface area contributed by atoms with Gasteiger partial charge in [-0.15, -0.1) is 0 Å². The molecule has 0 spiro atoms. The van der Waals surface area contributed by atoms with Gasteiger partial charge in [-0.2, -0.15) is 0 Å². The molecule has 0 radical (unpaired) electrons. The highest BCUT2D eigenvalue weighted by Crippen LogP contribution is 2.05. The number of hydrogen-bond donors (Lipinski definition) is 0. The summed E-state index contributed by atoms with van der Waals surface area (Å²) in [5, 5.41) is 0.853. The first-order valence-electron chi connectivity index (χ1n) is 6.10. The first-order chi connectivity index (χ1) is 8.57. The standard InChI is InChI=1S/C13H20BrNO2S/c1-2-18(16,17)11-10-15(9-8-14)12-13-6-4-3-5-7-13/h3-7H,2,8-12H2,1H3. The average Bonchev–Trinajstić information content (AvgIpc) is 2.38. The molecule has 1 aromatic carbocycles. The number of rotatable bonds is 8. The van der Waals surface area contributed by atoms with Gasteiger partial charge in [0, 0.05) is 30.7 Å². The molecule has 18 heavy (non-hydrogen) atoms. The van der Waals surface area contributed by atoms with Crippen molar-refractivity contribution in [3.8, 4) is 0 Å². The van der Waals surface area contributed by atoms with E-state index in [1.165, 1.54) is 5.56 Å². The van der Waals surface area contributed by atoms with Crippen molar-refractivity contribution in [2.45, 2.75) is 13.5 Å². The Balaban J connectivity index is 2.55. The van der Waals surface area contributed by atoms with E-state index >= 15 is 0 Å². The third-order valence-electron chi connectivity index (χ3n) is 2.81.